The van der Waals surface area contributed by atoms with E-state index < -0.39 is 0 Å². The maximum absolute atomic E-state index is 8.74. The minimum atomic E-state index is -0.00429. The molecule has 0 aliphatic carbocycles. The third kappa shape index (κ3) is 2.40. The van der Waals surface area contributed by atoms with Crippen molar-refractivity contribution in [1.29, 1.82) is 0 Å². The molecule has 1 heterocycles. The lowest BCUT2D eigenvalue weighted by molar-refractivity contribution is 0.174. The smallest absolute Gasteiger partial charge is 0.231 e. The summed E-state index contributed by atoms with van der Waals surface area (Å²) in [7, 11) is 0. The van der Waals surface area contributed by atoms with Gasteiger partial charge >= 0.3 is 0 Å². The van der Waals surface area contributed by atoms with Crippen LogP contribution in [0, 0.1) is 0 Å². The van der Waals surface area contributed by atoms with Gasteiger partial charge in [0.05, 0.1) is 0 Å². The molecule has 1 atom stereocenters. The number of fused-ring (bicyclic) bond motifs is 1. The summed E-state index contributed by atoms with van der Waals surface area (Å²) in [5.41, 5.74) is 6.94. The third-order valence-electron chi connectivity index (χ3n) is 2.43. The molecule has 0 aromatic heterocycles. The molecule has 2 rings (SSSR count). The van der Waals surface area contributed by atoms with E-state index in [4.69, 9.17) is 20.3 Å². The monoisotopic (exact) mass is 209 g/mol. The first-order valence-corrected chi connectivity index (χ1v) is 5.04. The standard InChI is InChI=1S/C11H15NO3/c12-9(3-4-13)5-8-1-2-10-11(6-8)15-7-14-10/h1-2,6,9,13H,3-5,7,12H2. The van der Waals surface area contributed by atoms with Crippen molar-refractivity contribution in [3.8, 4) is 11.5 Å². The maximum Gasteiger partial charge on any atom is 0.231 e. The summed E-state index contributed by atoms with van der Waals surface area (Å²) in [5, 5.41) is 8.74. The van der Waals surface area contributed by atoms with Gasteiger partial charge in [-0.05, 0) is 30.5 Å². The molecule has 1 aromatic rings. The number of rotatable bonds is 4. The van der Waals surface area contributed by atoms with Crippen LogP contribution in [0.2, 0.25) is 0 Å². The summed E-state index contributed by atoms with van der Waals surface area (Å²) in [4.78, 5) is 0. The Bertz CT molecular complexity index is 341. The Morgan fingerprint density at radius 1 is 1.33 bits per heavy atom. The number of aliphatic hydroxyl groups is 1. The summed E-state index contributed by atoms with van der Waals surface area (Å²) >= 11 is 0. The molecule has 15 heavy (non-hydrogen) atoms. The largest absolute Gasteiger partial charge is 0.454 e. The van der Waals surface area contributed by atoms with Crippen molar-refractivity contribution in [2.45, 2.75) is 18.9 Å². The lowest BCUT2D eigenvalue weighted by Gasteiger charge is -2.09. The number of aliphatic hydroxyl groups excluding tert-OH is 1. The minimum absolute atomic E-state index is 0.00429. The SMILES string of the molecule is NC(CCO)Cc1ccc2c(c1)OCO2. The van der Waals surface area contributed by atoms with Crippen LogP contribution in [0.15, 0.2) is 18.2 Å². The molecule has 1 aliphatic heterocycles. The topological polar surface area (TPSA) is 64.7 Å². The molecule has 0 saturated heterocycles. The van der Waals surface area contributed by atoms with Gasteiger partial charge in [0.15, 0.2) is 11.5 Å². The lowest BCUT2D eigenvalue weighted by atomic mass is 10.0. The molecule has 0 saturated carbocycles. The van der Waals surface area contributed by atoms with E-state index in [-0.39, 0.29) is 12.6 Å². The molecule has 1 aromatic carbocycles. The van der Waals surface area contributed by atoms with Crippen molar-refractivity contribution in [3.05, 3.63) is 23.8 Å². The molecule has 0 spiro atoms. The Labute approximate surface area is 88.6 Å². The zero-order valence-electron chi connectivity index (χ0n) is 8.48. The normalized spacial score (nSPS) is 15.3. The van der Waals surface area contributed by atoms with Crippen molar-refractivity contribution in [1.82, 2.24) is 0 Å². The molecule has 0 fully saturated rings. The second-order valence-electron chi connectivity index (χ2n) is 3.66. The fraction of sp³-hybridized carbons (Fsp3) is 0.455. The van der Waals surface area contributed by atoms with Gasteiger partial charge in [-0.1, -0.05) is 6.07 Å². The molecule has 3 N–H and O–H groups in total. The van der Waals surface area contributed by atoms with E-state index in [2.05, 4.69) is 0 Å². The first-order valence-electron chi connectivity index (χ1n) is 5.04. The Morgan fingerprint density at radius 3 is 2.93 bits per heavy atom. The van der Waals surface area contributed by atoms with E-state index in [9.17, 15) is 0 Å². The van der Waals surface area contributed by atoms with Crippen LogP contribution >= 0.6 is 0 Å². The molecular formula is C11H15NO3. The van der Waals surface area contributed by atoms with Gasteiger partial charge in [-0.25, -0.2) is 0 Å². The fourth-order valence-corrected chi connectivity index (χ4v) is 1.64. The second-order valence-corrected chi connectivity index (χ2v) is 3.66. The van der Waals surface area contributed by atoms with Gasteiger partial charge in [0, 0.05) is 12.6 Å². The molecule has 4 nitrogen and oxygen atoms in total. The molecule has 0 radical (unpaired) electrons. The Morgan fingerprint density at radius 2 is 2.13 bits per heavy atom. The number of benzene rings is 1. The second kappa shape index (κ2) is 4.51. The van der Waals surface area contributed by atoms with E-state index in [1.165, 1.54) is 0 Å². The Balaban J connectivity index is 2.03. The molecule has 0 amide bonds. The Kier molecular flexibility index (Phi) is 3.08. The first kappa shape index (κ1) is 10.3. The highest BCUT2D eigenvalue weighted by atomic mass is 16.7. The molecule has 1 unspecified atom stereocenters. The first-order chi connectivity index (χ1) is 7.29. The van der Waals surface area contributed by atoms with Gasteiger partial charge in [-0.3, -0.25) is 0 Å². The van der Waals surface area contributed by atoms with Gasteiger partial charge in [-0.2, -0.15) is 0 Å². The zero-order chi connectivity index (χ0) is 10.7. The minimum Gasteiger partial charge on any atom is -0.454 e. The number of ether oxygens (including phenoxy) is 2. The van der Waals surface area contributed by atoms with E-state index in [0.717, 1.165) is 23.5 Å². The molecule has 1 aliphatic rings. The van der Waals surface area contributed by atoms with Gasteiger partial charge in [0.1, 0.15) is 0 Å². The fourth-order valence-electron chi connectivity index (χ4n) is 1.64. The van der Waals surface area contributed by atoms with Crippen LogP contribution in [0.5, 0.6) is 11.5 Å². The summed E-state index contributed by atoms with van der Waals surface area (Å²) in [6.45, 7) is 0.424. The van der Waals surface area contributed by atoms with E-state index in [1.54, 1.807) is 0 Å². The average Bonchev–Trinajstić information content (AvgIpc) is 2.65. The van der Waals surface area contributed by atoms with Gasteiger partial charge < -0.3 is 20.3 Å². The molecule has 0 bridgehead atoms. The van der Waals surface area contributed by atoms with E-state index >= 15 is 0 Å². The highest BCUT2D eigenvalue weighted by Gasteiger charge is 2.14. The van der Waals surface area contributed by atoms with Crippen LogP contribution in [0.25, 0.3) is 0 Å². The van der Waals surface area contributed by atoms with Crippen molar-refractivity contribution >= 4 is 0 Å². The summed E-state index contributed by atoms with van der Waals surface area (Å²) in [5.74, 6) is 1.57. The van der Waals surface area contributed by atoms with Gasteiger partial charge in [0.2, 0.25) is 6.79 Å². The van der Waals surface area contributed by atoms with E-state index in [0.29, 0.717) is 13.2 Å². The van der Waals surface area contributed by atoms with Crippen molar-refractivity contribution in [3.63, 3.8) is 0 Å². The third-order valence-corrected chi connectivity index (χ3v) is 2.43. The molecular weight excluding hydrogens is 194 g/mol. The average molecular weight is 209 g/mol. The van der Waals surface area contributed by atoms with Gasteiger partial charge in [0.25, 0.3) is 0 Å². The van der Waals surface area contributed by atoms with Crippen molar-refractivity contribution in [2.75, 3.05) is 13.4 Å². The van der Waals surface area contributed by atoms with Crippen LogP contribution in [0.4, 0.5) is 0 Å². The zero-order valence-corrected chi connectivity index (χ0v) is 8.48. The van der Waals surface area contributed by atoms with Crippen LogP contribution in [0.1, 0.15) is 12.0 Å². The Hall–Kier alpha value is -1.26. The summed E-state index contributed by atoms with van der Waals surface area (Å²) in [6.07, 6.45) is 1.37. The predicted molar refractivity (Wildman–Crippen MR) is 55.9 cm³/mol. The molecule has 82 valence electrons. The maximum atomic E-state index is 8.74. The summed E-state index contributed by atoms with van der Waals surface area (Å²) < 4.78 is 10.5. The number of nitrogens with two attached hydrogens (primary N) is 1. The summed E-state index contributed by atoms with van der Waals surface area (Å²) in [6, 6.07) is 5.81. The van der Waals surface area contributed by atoms with Crippen molar-refractivity contribution < 1.29 is 14.6 Å². The highest BCUT2D eigenvalue weighted by molar-refractivity contribution is 5.44. The van der Waals surface area contributed by atoms with E-state index in [1.807, 2.05) is 18.2 Å². The van der Waals surface area contributed by atoms with Crippen LogP contribution in [0.3, 0.4) is 0 Å². The van der Waals surface area contributed by atoms with Crippen LogP contribution < -0.4 is 15.2 Å². The predicted octanol–water partition coefficient (Wildman–Crippen LogP) is 0.667. The molecule has 4 heteroatoms. The van der Waals surface area contributed by atoms with Gasteiger partial charge in [-0.15, -0.1) is 0 Å². The lowest BCUT2D eigenvalue weighted by Crippen LogP contribution is -2.23. The number of hydrogen-bond donors (Lipinski definition) is 2. The van der Waals surface area contributed by atoms with Crippen molar-refractivity contribution in [2.24, 2.45) is 5.73 Å². The highest BCUT2D eigenvalue weighted by Crippen LogP contribution is 2.32. The van der Waals surface area contributed by atoms with Crippen LogP contribution in [-0.4, -0.2) is 24.5 Å². The number of hydrogen-bond acceptors (Lipinski definition) is 4. The van der Waals surface area contributed by atoms with Crippen LogP contribution in [-0.2, 0) is 6.42 Å². The quantitative estimate of drug-likeness (QED) is 0.765.